The van der Waals surface area contributed by atoms with Gasteiger partial charge < -0.3 is 5.73 Å². The van der Waals surface area contributed by atoms with Gasteiger partial charge in [0.25, 0.3) is 10.0 Å². The van der Waals surface area contributed by atoms with Crippen molar-refractivity contribution in [3.8, 4) is 0 Å². The summed E-state index contributed by atoms with van der Waals surface area (Å²) < 4.78 is 28.0. The van der Waals surface area contributed by atoms with Crippen molar-refractivity contribution in [1.82, 2.24) is 4.98 Å². The van der Waals surface area contributed by atoms with Gasteiger partial charge in [0, 0.05) is 20.3 Å². The zero-order valence-corrected chi connectivity index (χ0v) is 14.4. The first-order valence-electron chi connectivity index (χ1n) is 5.49. The Morgan fingerprint density at radius 3 is 2.30 bits per heavy atom. The summed E-state index contributed by atoms with van der Waals surface area (Å²) >= 11 is 6.43. The average Bonchev–Trinajstić information content (AvgIpc) is 2.30. The predicted molar refractivity (Wildman–Crippen MR) is 86.0 cm³/mol. The number of aromatic nitrogens is 1. The first kappa shape index (κ1) is 15.3. The van der Waals surface area contributed by atoms with Gasteiger partial charge in [-0.15, -0.1) is 0 Å². The largest absolute Gasteiger partial charge is 0.399 e. The molecule has 3 N–H and O–H groups in total. The highest BCUT2D eigenvalue weighted by Gasteiger charge is 2.22. The number of sulfonamides is 1. The molecule has 0 spiro atoms. The van der Waals surface area contributed by atoms with Crippen molar-refractivity contribution in [3.05, 3.63) is 45.1 Å². The number of aryl methyl sites for hydroxylation is 1. The van der Waals surface area contributed by atoms with Crippen molar-refractivity contribution in [3.63, 3.8) is 0 Å². The highest BCUT2D eigenvalue weighted by atomic mass is 79.9. The minimum absolute atomic E-state index is 0.0901. The number of nitrogens with two attached hydrogens (primary N) is 1. The van der Waals surface area contributed by atoms with Crippen molar-refractivity contribution < 1.29 is 8.42 Å². The van der Waals surface area contributed by atoms with Crippen LogP contribution in [0.5, 0.6) is 0 Å². The highest BCUT2D eigenvalue weighted by Crippen LogP contribution is 2.33. The third-order valence-electron chi connectivity index (χ3n) is 2.45. The van der Waals surface area contributed by atoms with Crippen molar-refractivity contribution in [2.24, 2.45) is 0 Å². The smallest absolute Gasteiger partial charge is 0.264 e. The molecule has 20 heavy (non-hydrogen) atoms. The van der Waals surface area contributed by atoms with Gasteiger partial charge in [0.1, 0.15) is 4.90 Å². The van der Waals surface area contributed by atoms with Crippen LogP contribution in [0.15, 0.2) is 44.3 Å². The molecular weight excluding hydrogens is 410 g/mol. The molecule has 0 aliphatic heterocycles. The summed E-state index contributed by atoms with van der Waals surface area (Å²) in [6.45, 7) is 1.82. The first-order valence-corrected chi connectivity index (χ1v) is 8.56. The molecule has 0 unspecified atom stereocenters. The van der Waals surface area contributed by atoms with Gasteiger partial charge in [-0.3, -0.25) is 9.71 Å². The van der Waals surface area contributed by atoms with E-state index >= 15 is 0 Å². The van der Waals surface area contributed by atoms with Crippen LogP contribution in [0.4, 0.5) is 11.4 Å². The molecule has 0 amide bonds. The van der Waals surface area contributed by atoms with Crippen LogP contribution in [0, 0.1) is 6.92 Å². The summed E-state index contributed by atoms with van der Waals surface area (Å²) in [6, 6.07) is 6.45. The maximum atomic E-state index is 12.4. The summed E-state index contributed by atoms with van der Waals surface area (Å²) in [5, 5.41) is 0. The van der Waals surface area contributed by atoms with E-state index in [2.05, 4.69) is 41.6 Å². The van der Waals surface area contributed by atoms with Crippen LogP contribution in [0.2, 0.25) is 0 Å². The standard InChI is InChI=1S/C12H11Br2N3O2S/c1-7-2-3-9(6-16-7)17-20(18,19)12-10(13)4-8(15)5-11(12)14/h2-6,17H,15H2,1H3. The second-order valence-corrected chi connectivity index (χ2v) is 7.44. The molecule has 0 saturated carbocycles. The monoisotopic (exact) mass is 419 g/mol. The summed E-state index contributed by atoms with van der Waals surface area (Å²) in [5.74, 6) is 0. The van der Waals surface area contributed by atoms with Crippen molar-refractivity contribution >= 4 is 53.3 Å². The molecule has 1 heterocycles. The molecule has 0 fully saturated rings. The second-order valence-electron chi connectivity index (χ2n) is 4.11. The maximum Gasteiger partial charge on any atom is 0.264 e. The van der Waals surface area contributed by atoms with Crippen LogP contribution >= 0.6 is 31.9 Å². The van der Waals surface area contributed by atoms with Gasteiger partial charge in [0.15, 0.2) is 0 Å². The van der Waals surface area contributed by atoms with E-state index in [1.165, 1.54) is 18.3 Å². The zero-order valence-electron chi connectivity index (χ0n) is 10.4. The van der Waals surface area contributed by atoms with Crippen LogP contribution in [-0.2, 0) is 10.0 Å². The van der Waals surface area contributed by atoms with Crippen LogP contribution in [-0.4, -0.2) is 13.4 Å². The fourth-order valence-corrected chi connectivity index (χ4v) is 5.24. The predicted octanol–water partition coefficient (Wildman–Crippen LogP) is 3.30. The van der Waals surface area contributed by atoms with Crippen LogP contribution < -0.4 is 10.5 Å². The van der Waals surface area contributed by atoms with E-state index in [4.69, 9.17) is 5.73 Å². The van der Waals surface area contributed by atoms with Gasteiger partial charge in [-0.2, -0.15) is 0 Å². The molecule has 106 valence electrons. The Morgan fingerprint density at radius 2 is 1.80 bits per heavy atom. The summed E-state index contributed by atoms with van der Waals surface area (Å²) in [6.07, 6.45) is 1.46. The quantitative estimate of drug-likeness (QED) is 0.746. The Bertz CT molecular complexity index is 723. The summed E-state index contributed by atoms with van der Waals surface area (Å²) in [5.41, 5.74) is 7.32. The number of rotatable bonds is 3. The lowest BCUT2D eigenvalue weighted by Gasteiger charge is -2.12. The van der Waals surface area contributed by atoms with E-state index in [1.807, 2.05) is 6.92 Å². The third kappa shape index (κ3) is 3.31. The second kappa shape index (κ2) is 5.71. The van der Waals surface area contributed by atoms with Crippen molar-refractivity contribution in [1.29, 1.82) is 0 Å². The van der Waals surface area contributed by atoms with E-state index in [9.17, 15) is 8.42 Å². The first-order chi connectivity index (χ1) is 9.29. The lowest BCUT2D eigenvalue weighted by atomic mass is 10.3. The molecule has 0 aliphatic rings. The lowest BCUT2D eigenvalue weighted by molar-refractivity contribution is 0.600. The summed E-state index contributed by atoms with van der Waals surface area (Å²) in [7, 11) is -3.74. The number of nitrogen functional groups attached to an aromatic ring is 1. The van der Waals surface area contributed by atoms with Crippen molar-refractivity contribution in [2.45, 2.75) is 11.8 Å². The Labute approximate surface area is 133 Å². The number of anilines is 2. The molecule has 2 rings (SSSR count). The lowest BCUT2D eigenvalue weighted by Crippen LogP contribution is -2.14. The number of nitrogens with one attached hydrogen (secondary N) is 1. The Morgan fingerprint density at radius 1 is 1.20 bits per heavy atom. The van der Waals surface area contributed by atoms with E-state index in [1.54, 1.807) is 12.1 Å². The molecule has 8 heteroatoms. The topological polar surface area (TPSA) is 85.1 Å². The van der Waals surface area contributed by atoms with E-state index < -0.39 is 10.0 Å². The van der Waals surface area contributed by atoms with Gasteiger partial charge in [0.05, 0.1) is 11.9 Å². The number of halogens is 2. The molecule has 5 nitrogen and oxygen atoms in total. The normalized spacial score (nSPS) is 11.3. The molecule has 0 atom stereocenters. The molecular formula is C12H11Br2N3O2S. The van der Waals surface area contributed by atoms with Crippen LogP contribution in [0.25, 0.3) is 0 Å². The van der Waals surface area contributed by atoms with Gasteiger partial charge in [0.2, 0.25) is 0 Å². The Kier molecular flexibility index (Phi) is 4.36. The van der Waals surface area contributed by atoms with Gasteiger partial charge in [-0.05, 0) is 63.0 Å². The van der Waals surface area contributed by atoms with E-state index in [0.29, 0.717) is 20.3 Å². The number of nitrogens with zero attached hydrogens (tertiary/aromatic N) is 1. The number of hydrogen-bond donors (Lipinski definition) is 2. The third-order valence-corrected chi connectivity index (χ3v) is 5.71. The van der Waals surface area contributed by atoms with Crippen LogP contribution in [0.3, 0.4) is 0 Å². The Hall–Kier alpha value is -1.12. The van der Waals surface area contributed by atoms with Crippen molar-refractivity contribution in [2.75, 3.05) is 10.5 Å². The highest BCUT2D eigenvalue weighted by molar-refractivity contribution is 9.11. The van der Waals surface area contributed by atoms with Gasteiger partial charge >= 0.3 is 0 Å². The SMILES string of the molecule is Cc1ccc(NS(=O)(=O)c2c(Br)cc(N)cc2Br)cn1. The minimum atomic E-state index is -3.74. The molecule has 0 saturated heterocycles. The molecule has 0 radical (unpaired) electrons. The molecule has 1 aromatic carbocycles. The van der Waals surface area contributed by atoms with Gasteiger partial charge in [-0.1, -0.05) is 0 Å². The van der Waals surface area contributed by atoms with E-state index in [0.717, 1.165) is 5.69 Å². The average molecular weight is 421 g/mol. The summed E-state index contributed by atoms with van der Waals surface area (Å²) in [4.78, 5) is 4.14. The number of pyridine rings is 1. The fraction of sp³-hybridized carbons (Fsp3) is 0.0833. The minimum Gasteiger partial charge on any atom is -0.399 e. The zero-order chi connectivity index (χ0) is 14.9. The van der Waals surface area contributed by atoms with Gasteiger partial charge in [-0.25, -0.2) is 8.42 Å². The maximum absolute atomic E-state index is 12.4. The number of benzene rings is 1. The van der Waals surface area contributed by atoms with Crippen LogP contribution in [0.1, 0.15) is 5.69 Å². The van der Waals surface area contributed by atoms with E-state index in [-0.39, 0.29) is 4.90 Å². The molecule has 0 aliphatic carbocycles. The molecule has 0 bridgehead atoms. The molecule has 1 aromatic heterocycles. The number of hydrogen-bond acceptors (Lipinski definition) is 4. The molecule has 2 aromatic rings. The Balaban J connectivity index is 2.43. The fourth-order valence-electron chi connectivity index (χ4n) is 1.57.